The highest BCUT2D eigenvalue weighted by Gasteiger charge is 2.34. The molecular formula is C16H18N4O2. The SMILES string of the molecule is CNC(=O)c1cn[nH]c1[C@@H]1CCCN1C(=O)c1ccccc1. The van der Waals surface area contributed by atoms with E-state index >= 15 is 0 Å². The zero-order valence-electron chi connectivity index (χ0n) is 12.4. The smallest absolute Gasteiger partial charge is 0.254 e. The third kappa shape index (κ3) is 2.47. The predicted octanol–water partition coefficient (Wildman–Crippen LogP) is 1.75. The number of hydrogen-bond acceptors (Lipinski definition) is 3. The van der Waals surface area contributed by atoms with Gasteiger partial charge in [0.2, 0.25) is 0 Å². The van der Waals surface area contributed by atoms with Crippen LogP contribution in [0.15, 0.2) is 36.5 Å². The van der Waals surface area contributed by atoms with E-state index in [0.29, 0.717) is 23.4 Å². The van der Waals surface area contributed by atoms with Crippen LogP contribution in [0, 0.1) is 0 Å². The Hall–Kier alpha value is -2.63. The molecular weight excluding hydrogens is 280 g/mol. The third-order valence-corrected chi connectivity index (χ3v) is 4.01. The normalized spacial score (nSPS) is 17.5. The molecule has 0 aliphatic carbocycles. The van der Waals surface area contributed by atoms with Gasteiger partial charge in [-0.15, -0.1) is 0 Å². The largest absolute Gasteiger partial charge is 0.355 e. The highest BCUT2D eigenvalue weighted by Crippen LogP contribution is 2.33. The Labute approximate surface area is 128 Å². The van der Waals surface area contributed by atoms with Gasteiger partial charge in [0.05, 0.1) is 23.5 Å². The first-order chi connectivity index (χ1) is 10.7. The molecule has 0 bridgehead atoms. The minimum atomic E-state index is -0.192. The number of aromatic nitrogens is 2. The Morgan fingerprint density at radius 3 is 2.82 bits per heavy atom. The van der Waals surface area contributed by atoms with Gasteiger partial charge in [0.1, 0.15) is 0 Å². The minimum absolute atomic E-state index is 0.0134. The monoisotopic (exact) mass is 298 g/mol. The van der Waals surface area contributed by atoms with Crippen molar-refractivity contribution in [1.82, 2.24) is 20.4 Å². The zero-order chi connectivity index (χ0) is 15.5. The maximum atomic E-state index is 12.7. The van der Waals surface area contributed by atoms with Gasteiger partial charge in [-0.05, 0) is 25.0 Å². The molecule has 1 aromatic carbocycles. The Balaban J connectivity index is 1.90. The second-order valence-corrected chi connectivity index (χ2v) is 5.30. The number of aromatic amines is 1. The highest BCUT2D eigenvalue weighted by molar-refractivity contribution is 5.96. The second-order valence-electron chi connectivity index (χ2n) is 5.30. The molecule has 6 nitrogen and oxygen atoms in total. The van der Waals surface area contributed by atoms with Crippen molar-refractivity contribution in [2.75, 3.05) is 13.6 Å². The van der Waals surface area contributed by atoms with E-state index in [2.05, 4.69) is 15.5 Å². The number of nitrogens with zero attached hydrogens (tertiary/aromatic N) is 2. The van der Waals surface area contributed by atoms with Gasteiger partial charge in [-0.2, -0.15) is 5.10 Å². The minimum Gasteiger partial charge on any atom is -0.355 e. The Bertz CT molecular complexity index is 680. The fourth-order valence-electron chi connectivity index (χ4n) is 2.92. The van der Waals surface area contributed by atoms with E-state index < -0.39 is 0 Å². The van der Waals surface area contributed by atoms with Crippen molar-refractivity contribution in [2.45, 2.75) is 18.9 Å². The lowest BCUT2D eigenvalue weighted by Gasteiger charge is -2.24. The molecule has 0 unspecified atom stereocenters. The van der Waals surface area contributed by atoms with Crippen LogP contribution < -0.4 is 5.32 Å². The summed E-state index contributed by atoms with van der Waals surface area (Å²) in [7, 11) is 1.58. The molecule has 6 heteroatoms. The molecule has 1 aliphatic heterocycles. The van der Waals surface area contributed by atoms with Crippen LogP contribution in [0.1, 0.15) is 45.3 Å². The third-order valence-electron chi connectivity index (χ3n) is 4.01. The number of likely N-dealkylation sites (tertiary alicyclic amines) is 1. The van der Waals surface area contributed by atoms with Crippen molar-refractivity contribution in [3.8, 4) is 0 Å². The van der Waals surface area contributed by atoms with Gasteiger partial charge in [0.15, 0.2) is 0 Å². The number of nitrogens with one attached hydrogen (secondary N) is 2. The number of amides is 2. The summed E-state index contributed by atoms with van der Waals surface area (Å²) >= 11 is 0. The van der Waals surface area contributed by atoms with Crippen LogP contribution in [0.5, 0.6) is 0 Å². The van der Waals surface area contributed by atoms with E-state index in [1.807, 2.05) is 35.2 Å². The van der Waals surface area contributed by atoms with E-state index in [-0.39, 0.29) is 17.9 Å². The highest BCUT2D eigenvalue weighted by atomic mass is 16.2. The number of hydrogen-bond donors (Lipinski definition) is 2. The Morgan fingerprint density at radius 2 is 2.09 bits per heavy atom. The molecule has 1 saturated heterocycles. The molecule has 0 saturated carbocycles. The van der Waals surface area contributed by atoms with Crippen LogP contribution >= 0.6 is 0 Å². The zero-order valence-corrected chi connectivity index (χ0v) is 12.4. The number of benzene rings is 1. The van der Waals surface area contributed by atoms with Crippen LogP contribution in [0.3, 0.4) is 0 Å². The van der Waals surface area contributed by atoms with Crippen LogP contribution in [-0.2, 0) is 0 Å². The Morgan fingerprint density at radius 1 is 1.32 bits per heavy atom. The van der Waals surface area contributed by atoms with E-state index in [1.54, 1.807) is 7.05 Å². The van der Waals surface area contributed by atoms with Crippen molar-refractivity contribution in [3.63, 3.8) is 0 Å². The molecule has 2 heterocycles. The average molecular weight is 298 g/mol. The molecule has 2 amide bonds. The fraction of sp³-hybridized carbons (Fsp3) is 0.312. The van der Waals surface area contributed by atoms with E-state index in [0.717, 1.165) is 12.8 Å². The van der Waals surface area contributed by atoms with Gasteiger partial charge in [0.25, 0.3) is 11.8 Å². The summed E-state index contributed by atoms with van der Waals surface area (Å²) in [4.78, 5) is 26.4. The van der Waals surface area contributed by atoms with E-state index in [1.165, 1.54) is 6.20 Å². The Kier molecular flexibility index (Phi) is 3.91. The molecule has 3 rings (SSSR count). The summed E-state index contributed by atoms with van der Waals surface area (Å²) in [5.74, 6) is -0.205. The van der Waals surface area contributed by atoms with Crippen LogP contribution in [0.2, 0.25) is 0 Å². The number of rotatable bonds is 3. The quantitative estimate of drug-likeness (QED) is 0.906. The molecule has 2 N–H and O–H groups in total. The average Bonchev–Trinajstić information content (AvgIpc) is 3.22. The first-order valence-electron chi connectivity index (χ1n) is 7.33. The lowest BCUT2D eigenvalue weighted by molar-refractivity contribution is 0.0729. The van der Waals surface area contributed by atoms with E-state index in [4.69, 9.17) is 0 Å². The van der Waals surface area contributed by atoms with Crippen molar-refractivity contribution in [2.24, 2.45) is 0 Å². The summed E-state index contributed by atoms with van der Waals surface area (Å²) in [5, 5.41) is 9.48. The fourth-order valence-corrected chi connectivity index (χ4v) is 2.92. The summed E-state index contributed by atoms with van der Waals surface area (Å²) < 4.78 is 0. The van der Waals surface area contributed by atoms with Gasteiger partial charge in [-0.25, -0.2) is 0 Å². The first kappa shape index (κ1) is 14.3. The summed E-state index contributed by atoms with van der Waals surface area (Å²) in [6.07, 6.45) is 3.25. The van der Waals surface area contributed by atoms with Gasteiger partial charge in [-0.3, -0.25) is 14.7 Å². The standard InChI is InChI=1S/C16H18N4O2/c1-17-15(21)12-10-18-19-14(12)13-8-5-9-20(13)16(22)11-6-3-2-4-7-11/h2-4,6-7,10,13H,5,8-9H2,1H3,(H,17,21)(H,18,19)/t13-/m0/s1. The van der Waals surface area contributed by atoms with E-state index in [9.17, 15) is 9.59 Å². The molecule has 1 aromatic heterocycles. The number of carbonyl (C=O) groups is 2. The summed E-state index contributed by atoms with van der Waals surface area (Å²) in [6.45, 7) is 0.685. The molecule has 0 spiro atoms. The first-order valence-corrected chi connectivity index (χ1v) is 7.33. The van der Waals surface area contributed by atoms with Crippen molar-refractivity contribution < 1.29 is 9.59 Å². The summed E-state index contributed by atoms with van der Waals surface area (Å²) in [6, 6.07) is 9.07. The lowest BCUT2D eigenvalue weighted by atomic mass is 10.1. The van der Waals surface area contributed by atoms with Gasteiger partial charge in [0, 0.05) is 19.2 Å². The van der Waals surface area contributed by atoms with Gasteiger partial charge >= 0.3 is 0 Å². The molecule has 22 heavy (non-hydrogen) atoms. The number of carbonyl (C=O) groups excluding carboxylic acids is 2. The van der Waals surface area contributed by atoms with Crippen LogP contribution in [-0.4, -0.2) is 40.5 Å². The molecule has 1 aliphatic rings. The second kappa shape index (κ2) is 6.01. The molecule has 1 atom stereocenters. The number of H-pyrrole nitrogens is 1. The maximum absolute atomic E-state index is 12.7. The van der Waals surface area contributed by atoms with Crippen LogP contribution in [0.4, 0.5) is 0 Å². The molecule has 2 aromatic rings. The van der Waals surface area contributed by atoms with Gasteiger partial charge < -0.3 is 10.2 Å². The lowest BCUT2D eigenvalue weighted by Crippen LogP contribution is -2.32. The van der Waals surface area contributed by atoms with Crippen LogP contribution in [0.25, 0.3) is 0 Å². The van der Waals surface area contributed by atoms with Gasteiger partial charge in [-0.1, -0.05) is 18.2 Å². The van der Waals surface area contributed by atoms with Crippen molar-refractivity contribution >= 4 is 11.8 Å². The predicted molar refractivity (Wildman–Crippen MR) is 81.4 cm³/mol. The topological polar surface area (TPSA) is 78.1 Å². The van der Waals surface area contributed by atoms with Crippen molar-refractivity contribution in [3.05, 3.63) is 53.3 Å². The maximum Gasteiger partial charge on any atom is 0.254 e. The van der Waals surface area contributed by atoms with Crippen molar-refractivity contribution in [1.29, 1.82) is 0 Å². The molecule has 114 valence electrons. The summed E-state index contributed by atoms with van der Waals surface area (Å²) in [5.41, 5.74) is 1.87. The molecule has 0 radical (unpaired) electrons. The molecule has 1 fully saturated rings.